The molecule has 0 aromatic carbocycles. The predicted octanol–water partition coefficient (Wildman–Crippen LogP) is 3.78. The quantitative estimate of drug-likeness (QED) is 0.769. The molecule has 6 nitrogen and oxygen atoms in total. The molecular weight excluding hydrogens is 383 g/mol. The summed E-state index contributed by atoms with van der Waals surface area (Å²) in [5, 5.41) is 0. The summed E-state index contributed by atoms with van der Waals surface area (Å²) < 4.78 is 43.7. The minimum Gasteiger partial charge on any atom is -0.472 e. The Morgan fingerprint density at radius 1 is 1.00 bits per heavy atom. The third-order valence-electron chi connectivity index (χ3n) is 5.44. The summed E-state index contributed by atoms with van der Waals surface area (Å²) in [6.07, 6.45) is 1.02. The van der Waals surface area contributed by atoms with Crippen molar-refractivity contribution in [3.63, 3.8) is 0 Å². The maximum absolute atomic E-state index is 12.6. The second kappa shape index (κ2) is 8.04. The molecule has 0 saturated carbocycles. The number of aromatic nitrogens is 3. The average molecular weight is 407 g/mol. The molecule has 156 valence electrons. The number of hydrogen-bond donors (Lipinski definition) is 0. The van der Waals surface area contributed by atoms with Crippen molar-refractivity contribution in [2.45, 2.75) is 38.5 Å². The van der Waals surface area contributed by atoms with Crippen molar-refractivity contribution >= 4 is 11.6 Å². The lowest BCUT2D eigenvalue weighted by Gasteiger charge is -2.32. The Hall–Kier alpha value is -2.58. The van der Waals surface area contributed by atoms with E-state index in [1.165, 1.54) is 18.9 Å². The number of alkyl halides is 3. The predicted molar refractivity (Wildman–Crippen MR) is 103 cm³/mol. The van der Waals surface area contributed by atoms with E-state index in [1.807, 2.05) is 6.07 Å². The lowest BCUT2D eigenvalue weighted by molar-refractivity contribution is -0.137. The van der Waals surface area contributed by atoms with Gasteiger partial charge in [-0.2, -0.15) is 13.2 Å². The normalized spacial score (nSPS) is 22.8. The van der Waals surface area contributed by atoms with E-state index in [4.69, 9.17) is 4.74 Å². The third-order valence-corrected chi connectivity index (χ3v) is 5.44. The highest BCUT2D eigenvalue weighted by Crippen LogP contribution is 2.30. The zero-order chi connectivity index (χ0) is 20.4. The van der Waals surface area contributed by atoms with Crippen molar-refractivity contribution in [2.75, 3.05) is 36.0 Å². The summed E-state index contributed by atoms with van der Waals surface area (Å²) in [7, 11) is 0. The topological polar surface area (TPSA) is 54.4 Å². The second-order valence-corrected chi connectivity index (χ2v) is 7.79. The van der Waals surface area contributed by atoms with Crippen LogP contribution in [0.3, 0.4) is 0 Å². The van der Waals surface area contributed by atoms with Crippen molar-refractivity contribution in [1.29, 1.82) is 0 Å². The fourth-order valence-electron chi connectivity index (χ4n) is 3.90. The van der Waals surface area contributed by atoms with Crippen molar-refractivity contribution < 1.29 is 17.9 Å². The van der Waals surface area contributed by atoms with E-state index in [0.717, 1.165) is 50.0 Å². The van der Waals surface area contributed by atoms with Gasteiger partial charge in [-0.25, -0.2) is 15.0 Å². The molecule has 2 saturated heterocycles. The van der Waals surface area contributed by atoms with Gasteiger partial charge in [0.25, 0.3) is 0 Å². The molecule has 0 amide bonds. The van der Waals surface area contributed by atoms with E-state index in [1.54, 1.807) is 6.33 Å². The number of anilines is 2. The summed E-state index contributed by atoms with van der Waals surface area (Å²) in [5.41, 5.74) is -0.779. The molecule has 9 heteroatoms. The summed E-state index contributed by atoms with van der Waals surface area (Å²) in [6.45, 7) is 5.63. The molecule has 2 aromatic rings. The van der Waals surface area contributed by atoms with E-state index in [0.29, 0.717) is 12.5 Å². The standard InChI is InChI=1S/C20H24F3N5O/c1-14-3-2-7-27(11-14)17-9-18(26-13-25-17)28-8-6-16(12-28)29-19-5-4-15(10-24-19)20(21,22)23/h4-5,9-10,13-14,16H,2-3,6-8,11-12H2,1H3. The number of hydrogen-bond acceptors (Lipinski definition) is 6. The Kier molecular flexibility index (Phi) is 5.47. The minimum absolute atomic E-state index is 0.146. The van der Waals surface area contributed by atoms with Crippen LogP contribution in [-0.4, -0.2) is 47.2 Å². The van der Waals surface area contributed by atoms with Crippen LogP contribution in [0.5, 0.6) is 5.88 Å². The van der Waals surface area contributed by atoms with Crippen LogP contribution in [0.15, 0.2) is 30.7 Å². The van der Waals surface area contributed by atoms with Gasteiger partial charge < -0.3 is 14.5 Å². The van der Waals surface area contributed by atoms with Gasteiger partial charge in [0.1, 0.15) is 24.1 Å². The molecular formula is C20H24F3N5O. The molecule has 0 bridgehead atoms. The zero-order valence-corrected chi connectivity index (χ0v) is 16.3. The van der Waals surface area contributed by atoms with Crippen molar-refractivity contribution in [1.82, 2.24) is 15.0 Å². The van der Waals surface area contributed by atoms with Crippen LogP contribution in [0.4, 0.5) is 24.8 Å². The molecule has 4 heterocycles. The Balaban J connectivity index is 1.38. The highest BCUT2D eigenvalue weighted by Gasteiger charge is 2.31. The highest BCUT2D eigenvalue weighted by atomic mass is 19.4. The van der Waals surface area contributed by atoms with Crippen LogP contribution < -0.4 is 14.5 Å². The van der Waals surface area contributed by atoms with Crippen molar-refractivity contribution in [3.8, 4) is 5.88 Å². The first-order valence-corrected chi connectivity index (χ1v) is 9.90. The van der Waals surface area contributed by atoms with Crippen LogP contribution in [0, 0.1) is 5.92 Å². The van der Waals surface area contributed by atoms with Crippen molar-refractivity contribution in [3.05, 3.63) is 36.3 Å². The van der Waals surface area contributed by atoms with E-state index in [-0.39, 0.29) is 12.0 Å². The first-order chi connectivity index (χ1) is 13.9. The minimum atomic E-state index is -4.40. The van der Waals surface area contributed by atoms with Gasteiger partial charge >= 0.3 is 6.18 Å². The molecule has 2 atom stereocenters. The van der Waals surface area contributed by atoms with Gasteiger partial charge in [-0.15, -0.1) is 0 Å². The lowest BCUT2D eigenvalue weighted by atomic mass is 10.0. The first kappa shape index (κ1) is 19.7. The lowest BCUT2D eigenvalue weighted by Crippen LogP contribution is -2.35. The monoisotopic (exact) mass is 407 g/mol. The maximum Gasteiger partial charge on any atom is 0.417 e. The van der Waals surface area contributed by atoms with Crippen LogP contribution in [0.1, 0.15) is 31.7 Å². The van der Waals surface area contributed by atoms with Crippen LogP contribution in [0.25, 0.3) is 0 Å². The Bertz CT molecular complexity index is 830. The van der Waals surface area contributed by atoms with Gasteiger partial charge in [0.2, 0.25) is 5.88 Å². The molecule has 2 aliphatic heterocycles. The number of pyridine rings is 1. The van der Waals surface area contributed by atoms with Crippen LogP contribution in [-0.2, 0) is 6.18 Å². The Labute approximate surface area is 167 Å². The molecule has 2 unspecified atom stereocenters. The van der Waals surface area contributed by atoms with E-state index in [9.17, 15) is 13.2 Å². The zero-order valence-electron chi connectivity index (χ0n) is 16.3. The number of rotatable bonds is 4. The largest absolute Gasteiger partial charge is 0.472 e. The van der Waals surface area contributed by atoms with E-state index < -0.39 is 11.7 Å². The molecule has 0 spiro atoms. The van der Waals surface area contributed by atoms with Gasteiger partial charge in [-0.1, -0.05) is 6.92 Å². The van der Waals surface area contributed by atoms with Crippen LogP contribution >= 0.6 is 0 Å². The number of ether oxygens (including phenoxy) is 1. The third kappa shape index (κ3) is 4.71. The summed E-state index contributed by atoms with van der Waals surface area (Å²) in [4.78, 5) is 17.1. The van der Waals surface area contributed by atoms with Gasteiger partial charge in [0.05, 0.1) is 12.1 Å². The van der Waals surface area contributed by atoms with Gasteiger partial charge in [-0.3, -0.25) is 0 Å². The average Bonchev–Trinajstić information content (AvgIpc) is 3.16. The summed E-state index contributed by atoms with van der Waals surface area (Å²) in [5.74, 6) is 2.65. The number of halogens is 3. The van der Waals surface area contributed by atoms with Crippen LogP contribution in [0.2, 0.25) is 0 Å². The summed E-state index contributed by atoms with van der Waals surface area (Å²) in [6, 6.07) is 4.27. The first-order valence-electron chi connectivity index (χ1n) is 9.90. The molecule has 2 fully saturated rings. The molecule has 2 aliphatic rings. The molecule has 29 heavy (non-hydrogen) atoms. The summed E-state index contributed by atoms with van der Waals surface area (Å²) >= 11 is 0. The van der Waals surface area contributed by atoms with Gasteiger partial charge in [0, 0.05) is 44.4 Å². The highest BCUT2D eigenvalue weighted by molar-refractivity contribution is 5.51. The van der Waals surface area contributed by atoms with E-state index in [2.05, 4.69) is 31.7 Å². The number of nitrogens with zero attached hydrogens (tertiary/aromatic N) is 5. The van der Waals surface area contributed by atoms with E-state index >= 15 is 0 Å². The second-order valence-electron chi connectivity index (χ2n) is 7.79. The molecule has 2 aromatic heterocycles. The Morgan fingerprint density at radius 2 is 1.76 bits per heavy atom. The number of piperidine rings is 1. The van der Waals surface area contributed by atoms with Gasteiger partial charge in [-0.05, 0) is 24.8 Å². The molecule has 0 N–H and O–H groups in total. The fourth-order valence-corrected chi connectivity index (χ4v) is 3.90. The van der Waals surface area contributed by atoms with Gasteiger partial charge in [0.15, 0.2) is 0 Å². The van der Waals surface area contributed by atoms with Crippen molar-refractivity contribution in [2.24, 2.45) is 5.92 Å². The SMILES string of the molecule is CC1CCCN(c2cc(N3CCC(Oc4ccc(C(F)(F)F)cn4)C3)ncn2)C1. The maximum atomic E-state index is 12.6. The molecule has 0 aliphatic carbocycles. The Morgan fingerprint density at radius 3 is 2.41 bits per heavy atom. The fraction of sp³-hybridized carbons (Fsp3) is 0.550. The smallest absolute Gasteiger partial charge is 0.417 e. The molecule has 4 rings (SSSR count). The molecule has 0 radical (unpaired) electrons.